The van der Waals surface area contributed by atoms with Gasteiger partial charge < -0.3 is 4.57 Å². The smallest absolute Gasteiger partial charge is 0.114 e. The fourth-order valence-corrected chi connectivity index (χ4v) is 1.09. The van der Waals surface area contributed by atoms with Gasteiger partial charge in [-0.15, -0.1) is 11.8 Å². The van der Waals surface area contributed by atoms with Gasteiger partial charge in [-0.3, -0.25) is 0 Å². The minimum atomic E-state index is 0.522. The molecule has 0 aliphatic heterocycles. The molecule has 10 heavy (non-hydrogen) atoms. The molecular formula is C7H12N2S. The van der Waals surface area contributed by atoms with Crippen LogP contribution in [0.25, 0.3) is 0 Å². The van der Waals surface area contributed by atoms with Gasteiger partial charge in [-0.2, -0.15) is 0 Å². The summed E-state index contributed by atoms with van der Waals surface area (Å²) in [4.78, 5) is 4.18. The number of rotatable bonds is 2. The topological polar surface area (TPSA) is 17.8 Å². The van der Waals surface area contributed by atoms with Crippen molar-refractivity contribution in [1.82, 2.24) is 9.55 Å². The lowest BCUT2D eigenvalue weighted by Gasteiger charge is -2.03. The highest BCUT2D eigenvalue weighted by atomic mass is 32.2. The third-order valence-electron chi connectivity index (χ3n) is 1.38. The highest BCUT2D eigenvalue weighted by Crippen LogP contribution is 2.13. The monoisotopic (exact) mass is 156 g/mol. The molecule has 56 valence electrons. The van der Waals surface area contributed by atoms with E-state index in [4.69, 9.17) is 0 Å². The van der Waals surface area contributed by atoms with Crippen molar-refractivity contribution in [1.29, 1.82) is 0 Å². The first kappa shape index (κ1) is 7.66. The molecule has 3 heteroatoms. The third kappa shape index (κ3) is 1.53. The van der Waals surface area contributed by atoms with Crippen molar-refractivity contribution in [3.63, 3.8) is 0 Å². The van der Waals surface area contributed by atoms with Gasteiger partial charge in [0.2, 0.25) is 0 Å². The molecule has 0 unspecified atom stereocenters. The lowest BCUT2D eigenvalue weighted by molar-refractivity contribution is 0.598. The van der Waals surface area contributed by atoms with Gasteiger partial charge in [-0.05, 0) is 20.1 Å². The normalized spacial score (nSPS) is 10.8. The Hall–Kier alpha value is -0.440. The maximum absolute atomic E-state index is 4.18. The van der Waals surface area contributed by atoms with Crippen LogP contribution in [0.5, 0.6) is 0 Å². The van der Waals surface area contributed by atoms with E-state index in [-0.39, 0.29) is 0 Å². The summed E-state index contributed by atoms with van der Waals surface area (Å²) in [5.74, 6) is 0. The zero-order chi connectivity index (χ0) is 7.56. The summed E-state index contributed by atoms with van der Waals surface area (Å²) < 4.78 is 2.10. The standard InChI is InChI=1S/C7H12N2S/c1-6(2)9-4-7(10-3)8-5-9/h4-6H,1-3H3. The van der Waals surface area contributed by atoms with Crippen LogP contribution >= 0.6 is 11.8 Å². The van der Waals surface area contributed by atoms with E-state index in [1.54, 1.807) is 11.8 Å². The maximum atomic E-state index is 4.18. The van der Waals surface area contributed by atoms with Crippen LogP contribution in [0.2, 0.25) is 0 Å². The summed E-state index contributed by atoms with van der Waals surface area (Å²) in [6.07, 6.45) is 5.97. The van der Waals surface area contributed by atoms with Gasteiger partial charge in [0.15, 0.2) is 0 Å². The molecule has 2 nitrogen and oxygen atoms in total. The number of nitrogens with zero attached hydrogens (tertiary/aromatic N) is 2. The van der Waals surface area contributed by atoms with Crippen LogP contribution in [0.4, 0.5) is 0 Å². The largest absolute Gasteiger partial charge is 0.334 e. The zero-order valence-corrected chi connectivity index (χ0v) is 7.35. The Bertz CT molecular complexity index is 205. The number of hydrogen-bond acceptors (Lipinski definition) is 2. The fraction of sp³-hybridized carbons (Fsp3) is 0.571. The quantitative estimate of drug-likeness (QED) is 0.611. The van der Waals surface area contributed by atoms with Gasteiger partial charge in [-0.25, -0.2) is 4.98 Å². The first-order valence-corrected chi connectivity index (χ1v) is 4.54. The molecule has 1 rings (SSSR count). The Morgan fingerprint density at radius 1 is 1.60 bits per heavy atom. The average molecular weight is 156 g/mol. The predicted molar refractivity (Wildman–Crippen MR) is 44.4 cm³/mol. The number of thioether (sulfide) groups is 1. The van der Waals surface area contributed by atoms with Crippen LogP contribution in [0.15, 0.2) is 17.6 Å². The van der Waals surface area contributed by atoms with E-state index < -0.39 is 0 Å². The van der Waals surface area contributed by atoms with Crippen molar-refractivity contribution >= 4 is 11.8 Å². The Balaban J connectivity index is 2.78. The molecule has 0 radical (unpaired) electrons. The Kier molecular flexibility index (Phi) is 2.38. The second-order valence-electron chi connectivity index (χ2n) is 2.46. The van der Waals surface area contributed by atoms with Crippen molar-refractivity contribution in [3.8, 4) is 0 Å². The lowest BCUT2D eigenvalue weighted by atomic mass is 10.4. The van der Waals surface area contributed by atoms with Crippen LogP contribution in [0, 0.1) is 0 Å². The van der Waals surface area contributed by atoms with E-state index in [2.05, 4.69) is 29.6 Å². The first-order valence-electron chi connectivity index (χ1n) is 3.31. The number of hydrogen-bond donors (Lipinski definition) is 0. The van der Waals surface area contributed by atoms with Gasteiger partial charge >= 0.3 is 0 Å². The second-order valence-corrected chi connectivity index (χ2v) is 3.28. The van der Waals surface area contributed by atoms with Crippen molar-refractivity contribution in [2.24, 2.45) is 0 Å². The highest BCUT2D eigenvalue weighted by Gasteiger charge is 1.98. The molecule has 0 aliphatic carbocycles. The zero-order valence-electron chi connectivity index (χ0n) is 6.53. The van der Waals surface area contributed by atoms with E-state index >= 15 is 0 Å². The maximum Gasteiger partial charge on any atom is 0.114 e. The SMILES string of the molecule is CSc1cn(C(C)C)cn1. The summed E-state index contributed by atoms with van der Waals surface area (Å²) in [5, 5.41) is 1.09. The molecule has 1 aromatic heterocycles. The van der Waals surface area contributed by atoms with E-state index in [9.17, 15) is 0 Å². The van der Waals surface area contributed by atoms with E-state index in [1.165, 1.54) is 0 Å². The molecular weight excluding hydrogens is 144 g/mol. The summed E-state index contributed by atoms with van der Waals surface area (Å²) in [7, 11) is 0. The molecule has 0 bridgehead atoms. The van der Waals surface area contributed by atoms with Gasteiger partial charge in [0.1, 0.15) is 5.03 Å². The molecule has 0 aliphatic rings. The summed E-state index contributed by atoms with van der Waals surface area (Å²) in [6.45, 7) is 4.29. The molecule has 0 amide bonds. The molecule has 0 N–H and O–H groups in total. The van der Waals surface area contributed by atoms with E-state index in [0.717, 1.165) is 5.03 Å². The summed E-state index contributed by atoms with van der Waals surface area (Å²) in [5.41, 5.74) is 0. The van der Waals surface area contributed by atoms with Crippen molar-refractivity contribution in [2.75, 3.05) is 6.26 Å². The lowest BCUT2D eigenvalue weighted by Crippen LogP contribution is -1.95. The Morgan fingerprint density at radius 3 is 2.60 bits per heavy atom. The molecule has 0 aromatic carbocycles. The van der Waals surface area contributed by atoms with Crippen LogP contribution in [0.3, 0.4) is 0 Å². The predicted octanol–water partition coefficient (Wildman–Crippen LogP) is 2.19. The average Bonchev–Trinajstić information content (AvgIpc) is 2.34. The molecule has 0 atom stereocenters. The van der Waals surface area contributed by atoms with Gasteiger partial charge in [0, 0.05) is 12.2 Å². The highest BCUT2D eigenvalue weighted by molar-refractivity contribution is 7.98. The van der Waals surface area contributed by atoms with Gasteiger partial charge in [0.25, 0.3) is 0 Å². The molecule has 1 aromatic rings. The van der Waals surface area contributed by atoms with E-state index in [1.807, 2.05) is 12.6 Å². The molecule has 0 spiro atoms. The molecule has 0 saturated heterocycles. The van der Waals surface area contributed by atoms with Gasteiger partial charge in [-0.1, -0.05) is 0 Å². The van der Waals surface area contributed by atoms with Crippen molar-refractivity contribution in [3.05, 3.63) is 12.5 Å². The van der Waals surface area contributed by atoms with Crippen LogP contribution < -0.4 is 0 Å². The molecule has 1 heterocycles. The third-order valence-corrected chi connectivity index (χ3v) is 2.01. The summed E-state index contributed by atoms with van der Waals surface area (Å²) >= 11 is 1.68. The van der Waals surface area contributed by atoms with Gasteiger partial charge in [0.05, 0.1) is 6.33 Å². The molecule has 0 saturated carbocycles. The van der Waals surface area contributed by atoms with E-state index in [0.29, 0.717) is 6.04 Å². The Labute approximate surface area is 65.7 Å². The minimum Gasteiger partial charge on any atom is -0.334 e. The second kappa shape index (κ2) is 3.10. The van der Waals surface area contributed by atoms with Crippen LogP contribution in [-0.2, 0) is 0 Å². The first-order chi connectivity index (χ1) is 4.74. The van der Waals surface area contributed by atoms with Crippen LogP contribution in [-0.4, -0.2) is 15.8 Å². The minimum absolute atomic E-state index is 0.522. The van der Waals surface area contributed by atoms with Crippen molar-refractivity contribution < 1.29 is 0 Å². The van der Waals surface area contributed by atoms with Crippen molar-refractivity contribution in [2.45, 2.75) is 24.9 Å². The fourth-order valence-electron chi connectivity index (χ4n) is 0.706. The Morgan fingerprint density at radius 2 is 2.30 bits per heavy atom. The molecule has 0 fully saturated rings. The number of imidazole rings is 1. The summed E-state index contributed by atoms with van der Waals surface area (Å²) in [6, 6.07) is 0.522. The number of aromatic nitrogens is 2. The van der Waals surface area contributed by atoms with Crippen LogP contribution in [0.1, 0.15) is 19.9 Å².